The molecule has 2 N–H and O–H groups in total. The minimum atomic E-state index is -0.682. The first-order chi connectivity index (χ1) is 15.1. The number of aliphatic hydroxyl groups is 1. The molecule has 0 aliphatic heterocycles. The topological polar surface area (TPSA) is 91.7 Å². The second-order valence-corrected chi connectivity index (χ2v) is 11.2. The fourth-order valence-corrected chi connectivity index (χ4v) is 7.80. The number of carbonyl (C=O) groups excluding carboxylic acids is 2. The van der Waals surface area contributed by atoms with Crippen LogP contribution in [0.15, 0.2) is 11.6 Å². The molecule has 0 amide bonds. The largest absolute Gasteiger partial charge is 0.481 e. The molecule has 4 aliphatic rings. The van der Waals surface area contributed by atoms with Crippen molar-refractivity contribution >= 4 is 17.5 Å². The van der Waals surface area contributed by atoms with Crippen molar-refractivity contribution in [3.63, 3.8) is 0 Å². The monoisotopic (exact) mass is 446 g/mol. The van der Waals surface area contributed by atoms with Crippen LogP contribution in [0.1, 0.15) is 98.3 Å². The van der Waals surface area contributed by atoms with Crippen molar-refractivity contribution in [3.05, 3.63) is 11.6 Å². The maximum atomic E-state index is 12.2. The first kappa shape index (κ1) is 25.1. The molecule has 0 saturated heterocycles. The van der Waals surface area contributed by atoms with Crippen LogP contribution < -0.4 is 0 Å². The molecule has 7 atom stereocenters. The highest BCUT2D eigenvalue weighted by atomic mass is 16.4. The van der Waals surface area contributed by atoms with Crippen molar-refractivity contribution in [2.45, 2.75) is 104 Å². The average Bonchev–Trinajstić information content (AvgIpc) is 3.07. The molecule has 5 heteroatoms. The van der Waals surface area contributed by atoms with E-state index in [4.69, 9.17) is 5.11 Å². The predicted octanol–water partition coefficient (Wildman–Crippen LogP) is 5.35. The van der Waals surface area contributed by atoms with E-state index in [2.05, 4.69) is 20.8 Å². The van der Waals surface area contributed by atoms with Gasteiger partial charge in [-0.15, -0.1) is 0 Å². The average molecular weight is 447 g/mol. The molecule has 32 heavy (non-hydrogen) atoms. The number of hydrogen-bond donors (Lipinski definition) is 2. The van der Waals surface area contributed by atoms with Gasteiger partial charge in [0.1, 0.15) is 5.78 Å². The van der Waals surface area contributed by atoms with Crippen LogP contribution in [-0.4, -0.2) is 33.9 Å². The van der Waals surface area contributed by atoms with Crippen LogP contribution in [0.4, 0.5) is 0 Å². The van der Waals surface area contributed by atoms with Gasteiger partial charge < -0.3 is 10.2 Å². The Kier molecular flexibility index (Phi) is 7.69. The Hall–Kier alpha value is -1.49. The Balaban J connectivity index is 0.000000312. The highest BCUT2D eigenvalue weighted by Crippen LogP contribution is 2.66. The van der Waals surface area contributed by atoms with Crippen molar-refractivity contribution in [1.29, 1.82) is 0 Å². The molecule has 4 aliphatic carbocycles. The summed E-state index contributed by atoms with van der Waals surface area (Å²) in [6.45, 7) is 8.38. The first-order valence-electron chi connectivity index (χ1n) is 12.7. The fraction of sp³-hybridized carbons (Fsp3) is 0.815. The number of carbonyl (C=O) groups is 3. The lowest BCUT2D eigenvalue weighted by Gasteiger charge is -2.59. The van der Waals surface area contributed by atoms with Crippen LogP contribution in [0.2, 0.25) is 0 Å². The van der Waals surface area contributed by atoms with E-state index in [1.807, 2.05) is 6.08 Å². The molecule has 180 valence electrons. The second-order valence-electron chi connectivity index (χ2n) is 11.2. The first-order valence-corrected chi connectivity index (χ1v) is 12.7. The van der Waals surface area contributed by atoms with Gasteiger partial charge in [0.25, 0.3) is 0 Å². The van der Waals surface area contributed by atoms with Gasteiger partial charge in [0, 0.05) is 24.2 Å². The van der Waals surface area contributed by atoms with Crippen molar-refractivity contribution in [1.82, 2.24) is 0 Å². The summed E-state index contributed by atoms with van der Waals surface area (Å²) in [6, 6.07) is 0. The third-order valence-electron chi connectivity index (χ3n) is 9.55. The molecule has 0 aromatic heterocycles. The van der Waals surface area contributed by atoms with Crippen LogP contribution >= 0.6 is 0 Å². The molecule has 4 rings (SSSR count). The molecule has 5 nitrogen and oxygen atoms in total. The molecule has 0 aromatic rings. The third kappa shape index (κ3) is 4.47. The number of ketones is 2. The SMILES string of the molecule is CC(=O)[C@H]1CC[C@H]2[C@@H]3CCC4=CC(=O)CC(O)[C@]4(C)[C@H]3CC[C@]12C.CCCCCC(=O)O. The maximum absolute atomic E-state index is 12.2. The highest BCUT2D eigenvalue weighted by Gasteiger charge is 2.61. The molecule has 0 radical (unpaired) electrons. The van der Waals surface area contributed by atoms with E-state index in [-0.39, 0.29) is 29.0 Å². The number of rotatable bonds is 5. The van der Waals surface area contributed by atoms with E-state index in [0.717, 1.165) is 57.8 Å². The van der Waals surface area contributed by atoms with Crippen molar-refractivity contribution < 1.29 is 24.6 Å². The summed E-state index contributed by atoms with van der Waals surface area (Å²) in [5.41, 5.74) is 1.11. The number of fused-ring (bicyclic) bond motifs is 5. The highest BCUT2D eigenvalue weighted by molar-refractivity contribution is 5.92. The summed E-state index contributed by atoms with van der Waals surface area (Å²) in [5.74, 6) is 1.66. The lowest BCUT2D eigenvalue weighted by Crippen LogP contribution is -2.55. The van der Waals surface area contributed by atoms with Crippen molar-refractivity contribution in [2.75, 3.05) is 0 Å². The van der Waals surface area contributed by atoms with Crippen LogP contribution in [0.25, 0.3) is 0 Å². The zero-order valence-corrected chi connectivity index (χ0v) is 20.4. The van der Waals surface area contributed by atoms with E-state index in [9.17, 15) is 19.5 Å². The summed E-state index contributed by atoms with van der Waals surface area (Å²) in [5, 5.41) is 18.9. The van der Waals surface area contributed by atoms with Crippen LogP contribution in [-0.2, 0) is 14.4 Å². The fourth-order valence-electron chi connectivity index (χ4n) is 7.80. The van der Waals surface area contributed by atoms with Gasteiger partial charge in [-0.25, -0.2) is 0 Å². The number of hydrogen-bond acceptors (Lipinski definition) is 4. The van der Waals surface area contributed by atoms with E-state index >= 15 is 0 Å². The van der Waals surface area contributed by atoms with Crippen LogP contribution in [0.5, 0.6) is 0 Å². The molecular weight excluding hydrogens is 404 g/mol. The molecular formula is C27H42O5. The Labute approximate surface area is 193 Å². The number of aliphatic hydroxyl groups excluding tert-OH is 1. The summed E-state index contributed by atoms with van der Waals surface area (Å²) in [4.78, 5) is 33.9. The molecule has 3 saturated carbocycles. The van der Waals surface area contributed by atoms with Gasteiger partial charge in [-0.05, 0) is 81.1 Å². The third-order valence-corrected chi connectivity index (χ3v) is 9.55. The minimum Gasteiger partial charge on any atom is -0.481 e. The van der Waals surface area contributed by atoms with Gasteiger partial charge in [0.2, 0.25) is 0 Å². The van der Waals surface area contributed by atoms with Gasteiger partial charge in [-0.3, -0.25) is 14.4 Å². The Morgan fingerprint density at radius 2 is 1.81 bits per heavy atom. The molecule has 0 spiro atoms. The Morgan fingerprint density at radius 1 is 1.09 bits per heavy atom. The van der Waals surface area contributed by atoms with Crippen molar-refractivity contribution in [3.8, 4) is 0 Å². The quantitative estimate of drug-likeness (QED) is 0.556. The smallest absolute Gasteiger partial charge is 0.303 e. The van der Waals surface area contributed by atoms with Gasteiger partial charge in [-0.1, -0.05) is 39.2 Å². The zero-order chi connectivity index (χ0) is 23.7. The minimum absolute atomic E-state index is 0.0894. The predicted molar refractivity (Wildman–Crippen MR) is 124 cm³/mol. The van der Waals surface area contributed by atoms with Gasteiger partial charge >= 0.3 is 5.97 Å². The number of carboxylic acid groups (broad SMARTS) is 1. The van der Waals surface area contributed by atoms with Gasteiger partial charge in [0.05, 0.1) is 6.10 Å². The lowest BCUT2D eigenvalue weighted by atomic mass is 9.46. The van der Waals surface area contributed by atoms with E-state index in [1.54, 1.807) is 6.92 Å². The molecule has 3 fully saturated rings. The summed E-state index contributed by atoms with van der Waals surface area (Å²) in [6.07, 6.45) is 11.3. The normalized spacial score (nSPS) is 40.2. The van der Waals surface area contributed by atoms with Gasteiger partial charge in [0.15, 0.2) is 5.78 Å². The van der Waals surface area contributed by atoms with Crippen molar-refractivity contribution in [2.24, 2.45) is 34.5 Å². The number of carboxylic acids is 1. The Bertz CT molecular complexity index is 770. The van der Waals surface area contributed by atoms with E-state index in [1.165, 1.54) is 5.57 Å². The molecule has 0 aromatic carbocycles. The van der Waals surface area contributed by atoms with Crippen LogP contribution in [0.3, 0.4) is 0 Å². The molecule has 1 unspecified atom stereocenters. The lowest BCUT2D eigenvalue weighted by molar-refractivity contribution is -0.137. The van der Waals surface area contributed by atoms with E-state index in [0.29, 0.717) is 30.0 Å². The zero-order valence-electron chi connectivity index (χ0n) is 20.4. The molecule has 0 heterocycles. The van der Waals surface area contributed by atoms with E-state index < -0.39 is 12.1 Å². The number of aliphatic carboxylic acids is 1. The summed E-state index contributed by atoms with van der Waals surface area (Å²) < 4.78 is 0. The van der Waals surface area contributed by atoms with Gasteiger partial charge in [-0.2, -0.15) is 0 Å². The van der Waals surface area contributed by atoms with Crippen LogP contribution in [0, 0.1) is 34.5 Å². The Morgan fingerprint density at radius 3 is 2.44 bits per heavy atom. The number of unbranched alkanes of at least 4 members (excludes halogenated alkanes) is 2. The summed E-state index contributed by atoms with van der Waals surface area (Å²) >= 11 is 0. The standard InChI is InChI=1S/C21H30O3.C6H12O2/c1-12(22)16-6-7-17-15-5-4-13-10-14(23)11-19(24)21(13,3)18(15)8-9-20(16,17)2;1-2-3-4-5-6(7)8/h10,15-19,24H,4-9,11H2,1-3H3;2-5H2,1H3,(H,7,8)/t15-,16+,17-,18-,19?,20+,21-;/m0./s1. The second kappa shape index (κ2) is 9.79. The molecule has 0 bridgehead atoms. The number of Topliss-reactive ketones (excluding diaryl/α,β-unsaturated/α-hetero) is 1. The summed E-state index contributed by atoms with van der Waals surface area (Å²) in [7, 11) is 0. The maximum Gasteiger partial charge on any atom is 0.303 e.